The van der Waals surface area contributed by atoms with E-state index in [1.54, 1.807) is 15.8 Å². The van der Waals surface area contributed by atoms with Gasteiger partial charge >= 0.3 is 0 Å². The van der Waals surface area contributed by atoms with Gasteiger partial charge < -0.3 is 26.0 Å². The summed E-state index contributed by atoms with van der Waals surface area (Å²) in [6, 6.07) is 9.92. The molecule has 0 spiro atoms. The normalized spacial score (nSPS) is 15.1. The first-order chi connectivity index (χ1) is 17.0. The summed E-state index contributed by atoms with van der Waals surface area (Å²) in [4.78, 5) is 23.1. The van der Waals surface area contributed by atoms with Crippen LogP contribution in [-0.4, -0.2) is 57.3 Å². The van der Waals surface area contributed by atoms with Gasteiger partial charge in [0.25, 0.3) is 0 Å². The van der Waals surface area contributed by atoms with Gasteiger partial charge in [0.1, 0.15) is 30.5 Å². The number of aromatic nitrogens is 4. The number of ether oxygens (including phenoxy) is 1. The van der Waals surface area contributed by atoms with Crippen molar-refractivity contribution in [1.82, 2.24) is 24.6 Å². The second-order valence-corrected chi connectivity index (χ2v) is 8.94. The van der Waals surface area contributed by atoms with Gasteiger partial charge in [0.2, 0.25) is 5.91 Å². The maximum atomic E-state index is 12.2. The Hall–Kier alpha value is -4.34. The van der Waals surface area contributed by atoms with Gasteiger partial charge in [-0.1, -0.05) is 0 Å². The second kappa shape index (κ2) is 8.15. The third kappa shape index (κ3) is 3.76. The molecule has 35 heavy (non-hydrogen) atoms. The van der Waals surface area contributed by atoms with E-state index in [0.29, 0.717) is 30.6 Å². The first-order valence-electron chi connectivity index (χ1n) is 11.6. The number of nitrogens with two attached hydrogens (primary N) is 1. The van der Waals surface area contributed by atoms with Crippen LogP contribution in [-0.2, 0) is 17.8 Å². The Kier molecular flexibility index (Phi) is 4.94. The van der Waals surface area contributed by atoms with Crippen molar-refractivity contribution in [3.05, 3.63) is 47.8 Å². The minimum absolute atomic E-state index is 0.0527. The van der Waals surface area contributed by atoms with Crippen LogP contribution >= 0.6 is 0 Å². The van der Waals surface area contributed by atoms with Crippen molar-refractivity contribution in [2.75, 3.05) is 43.1 Å². The summed E-state index contributed by atoms with van der Waals surface area (Å²) in [6.45, 7) is 4.40. The Morgan fingerprint density at radius 1 is 1.20 bits per heavy atom. The van der Waals surface area contributed by atoms with Gasteiger partial charge in [0.05, 0.1) is 11.4 Å². The van der Waals surface area contributed by atoms with E-state index in [0.717, 1.165) is 57.7 Å². The molecule has 0 saturated carbocycles. The van der Waals surface area contributed by atoms with Gasteiger partial charge in [0, 0.05) is 55.5 Å². The average molecular weight is 471 g/mol. The van der Waals surface area contributed by atoms with Gasteiger partial charge in [-0.05, 0) is 42.1 Å². The molecule has 2 aliphatic heterocycles. The molecule has 5 heterocycles. The number of nitrogens with one attached hydrogen (secondary N) is 2. The van der Waals surface area contributed by atoms with E-state index in [1.807, 2.05) is 37.4 Å². The highest BCUT2D eigenvalue weighted by Gasteiger charge is 2.20. The maximum Gasteiger partial charge on any atom is 0.244 e. The summed E-state index contributed by atoms with van der Waals surface area (Å²) in [5, 5.41) is 13.0. The van der Waals surface area contributed by atoms with Gasteiger partial charge in [0.15, 0.2) is 5.82 Å². The van der Waals surface area contributed by atoms with Gasteiger partial charge in [-0.15, -0.1) is 0 Å². The first kappa shape index (κ1) is 21.2. The third-order valence-corrected chi connectivity index (χ3v) is 6.64. The lowest BCUT2D eigenvalue weighted by Crippen LogP contribution is -2.29. The van der Waals surface area contributed by atoms with E-state index in [2.05, 4.69) is 32.6 Å². The molecule has 178 valence electrons. The zero-order valence-corrected chi connectivity index (χ0v) is 19.6. The van der Waals surface area contributed by atoms with Crippen molar-refractivity contribution in [1.29, 1.82) is 0 Å². The Bertz CT molecular complexity index is 1480. The van der Waals surface area contributed by atoms with Crippen molar-refractivity contribution in [2.24, 2.45) is 0 Å². The minimum Gasteiger partial charge on any atom is -0.490 e. The number of pyridine rings is 2. The number of likely N-dealkylation sites (N-methyl/N-ethyl adjacent to an activating group) is 1. The van der Waals surface area contributed by atoms with E-state index >= 15 is 0 Å². The molecule has 4 aromatic rings. The average Bonchev–Trinajstić information content (AvgIpc) is 3.17. The molecule has 0 radical (unpaired) electrons. The summed E-state index contributed by atoms with van der Waals surface area (Å²) in [6.07, 6.45) is 2.48. The molecular weight excluding hydrogens is 444 g/mol. The quantitative estimate of drug-likeness (QED) is 0.418. The van der Waals surface area contributed by atoms with Crippen molar-refractivity contribution in [3.8, 4) is 17.0 Å². The highest BCUT2D eigenvalue weighted by molar-refractivity contribution is 5.95. The van der Waals surface area contributed by atoms with Crippen LogP contribution in [0.25, 0.3) is 22.0 Å². The highest BCUT2D eigenvalue weighted by Crippen LogP contribution is 2.38. The Morgan fingerprint density at radius 3 is 2.97 bits per heavy atom. The van der Waals surface area contributed by atoms with Gasteiger partial charge in [-0.3, -0.25) is 9.48 Å². The largest absolute Gasteiger partial charge is 0.490 e. The van der Waals surface area contributed by atoms with Crippen LogP contribution < -0.4 is 21.1 Å². The molecule has 1 aromatic carbocycles. The monoisotopic (exact) mass is 470 g/mol. The lowest BCUT2D eigenvalue weighted by atomic mass is 10.0. The predicted octanol–water partition coefficient (Wildman–Crippen LogP) is 2.95. The lowest BCUT2D eigenvalue weighted by Gasteiger charge is -2.22. The molecule has 4 N–H and O–H groups in total. The molecule has 0 atom stereocenters. The molecule has 0 unspecified atom stereocenters. The summed E-state index contributed by atoms with van der Waals surface area (Å²) in [5.74, 6) is 2.63. The number of carbonyl (C=O) groups is 1. The smallest absolute Gasteiger partial charge is 0.244 e. The summed E-state index contributed by atoms with van der Waals surface area (Å²) in [7, 11) is 1.82. The van der Waals surface area contributed by atoms with E-state index < -0.39 is 0 Å². The number of hydrogen-bond donors (Lipinski definition) is 3. The molecule has 0 fully saturated rings. The van der Waals surface area contributed by atoms with Crippen LogP contribution in [0.1, 0.15) is 11.3 Å². The van der Waals surface area contributed by atoms with Crippen LogP contribution in [0.5, 0.6) is 5.75 Å². The topological polar surface area (TPSA) is 123 Å². The molecular formula is C25H26N8O2. The Balaban J connectivity index is 1.33. The molecule has 10 heteroatoms. The van der Waals surface area contributed by atoms with Gasteiger partial charge in [-0.2, -0.15) is 5.10 Å². The Morgan fingerprint density at radius 2 is 2.09 bits per heavy atom. The molecule has 1 amide bonds. The fraction of sp³-hybridized carbons (Fsp3) is 0.280. The number of rotatable bonds is 3. The van der Waals surface area contributed by atoms with Crippen LogP contribution in [0, 0.1) is 6.92 Å². The number of nitrogens with zero attached hydrogens (tertiary/aromatic N) is 5. The highest BCUT2D eigenvalue weighted by atomic mass is 16.5. The number of hydrogen-bond acceptors (Lipinski definition) is 8. The molecule has 6 rings (SSSR count). The van der Waals surface area contributed by atoms with E-state index in [4.69, 9.17) is 10.5 Å². The van der Waals surface area contributed by atoms with E-state index in [9.17, 15) is 4.79 Å². The molecule has 0 bridgehead atoms. The predicted molar refractivity (Wildman–Crippen MR) is 135 cm³/mol. The van der Waals surface area contributed by atoms with E-state index in [-0.39, 0.29) is 12.5 Å². The van der Waals surface area contributed by atoms with Crippen LogP contribution in [0.3, 0.4) is 0 Å². The summed E-state index contributed by atoms with van der Waals surface area (Å²) < 4.78 is 7.51. The number of nitrogen functional groups attached to an aromatic ring is 1. The first-order valence-corrected chi connectivity index (χ1v) is 11.6. The Labute approximate surface area is 202 Å². The summed E-state index contributed by atoms with van der Waals surface area (Å²) >= 11 is 0. The van der Waals surface area contributed by atoms with E-state index in [1.165, 1.54) is 0 Å². The number of benzene rings is 1. The van der Waals surface area contributed by atoms with Crippen molar-refractivity contribution < 1.29 is 9.53 Å². The number of amides is 1. The van der Waals surface area contributed by atoms with Crippen LogP contribution in [0.4, 0.5) is 23.1 Å². The maximum absolute atomic E-state index is 12.2. The lowest BCUT2D eigenvalue weighted by molar-refractivity contribution is -0.130. The minimum atomic E-state index is 0.0527. The fourth-order valence-electron chi connectivity index (χ4n) is 4.66. The second-order valence-electron chi connectivity index (χ2n) is 8.94. The number of anilines is 4. The number of carbonyl (C=O) groups excluding carboxylic acids is 1. The van der Waals surface area contributed by atoms with Crippen molar-refractivity contribution in [3.63, 3.8) is 0 Å². The van der Waals surface area contributed by atoms with Crippen LogP contribution in [0.15, 0.2) is 36.5 Å². The zero-order chi connectivity index (χ0) is 24.1. The fourth-order valence-corrected chi connectivity index (χ4v) is 4.66. The molecule has 2 aliphatic rings. The van der Waals surface area contributed by atoms with Gasteiger partial charge in [-0.25, -0.2) is 9.97 Å². The zero-order valence-electron chi connectivity index (χ0n) is 19.6. The molecule has 3 aromatic heterocycles. The van der Waals surface area contributed by atoms with Crippen molar-refractivity contribution >= 4 is 39.8 Å². The van der Waals surface area contributed by atoms with Crippen molar-refractivity contribution in [2.45, 2.75) is 19.9 Å². The SMILES string of the molecule is Cc1c(-c2cc3cc(Nc4cc5n(n4)CC(=O)N(C)CC5)ncc3c(N)n2)ccc2c1NCCO2. The standard InChI is InChI=1S/C25H26N8O2/c1-14-17(3-4-20-24(14)27-6-8-35-20)19-9-15-10-21(28-12-18(15)25(26)29-19)30-22-11-16-5-7-32(2)23(34)13-33(16)31-22/h3-4,9-12,27H,5-8,13H2,1-2H3,(H2,26,29)(H,28,30,31). The number of fused-ring (bicyclic) bond motifs is 3. The third-order valence-electron chi connectivity index (χ3n) is 6.64. The summed E-state index contributed by atoms with van der Waals surface area (Å²) in [5.41, 5.74) is 11.2. The molecule has 0 aliphatic carbocycles. The van der Waals surface area contributed by atoms with Crippen LogP contribution in [0.2, 0.25) is 0 Å². The molecule has 10 nitrogen and oxygen atoms in total. The molecule has 0 saturated heterocycles.